The Labute approximate surface area is 89.7 Å². The lowest BCUT2D eigenvalue weighted by molar-refractivity contribution is 0.827. The van der Waals surface area contributed by atoms with E-state index in [0.29, 0.717) is 0 Å². The SMILES string of the molecule is CSc1ccc2c(c1)CCCN2.Cl. The molecule has 2 rings (SSSR count). The molecule has 0 bridgehead atoms. The van der Waals surface area contributed by atoms with Crippen LogP contribution in [0.3, 0.4) is 0 Å². The second-order valence-corrected chi connectivity index (χ2v) is 3.93. The lowest BCUT2D eigenvalue weighted by atomic mass is 10.0. The van der Waals surface area contributed by atoms with Crippen molar-refractivity contribution in [2.45, 2.75) is 17.7 Å². The number of hydrogen-bond acceptors (Lipinski definition) is 2. The first-order chi connectivity index (χ1) is 5.90. The zero-order valence-electron chi connectivity index (χ0n) is 7.67. The summed E-state index contributed by atoms with van der Waals surface area (Å²) in [7, 11) is 0. The Morgan fingerprint density at radius 1 is 1.38 bits per heavy atom. The number of anilines is 1. The van der Waals surface area contributed by atoms with Crippen LogP contribution in [0.1, 0.15) is 12.0 Å². The van der Waals surface area contributed by atoms with E-state index in [1.54, 1.807) is 0 Å². The van der Waals surface area contributed by atoms with Crippen LogP contribution < -0.4 is 5.32 Å². The van der Waals surface area contributed by atoms with Gasteiger partial charge in [-0.15, -0.1) is 24.2 Å². The van der Waals surface area contributed by atoms with Crippen LogP contribution in [0, 0.1) is 0 Å². The molecule has 0 atom stereocenters. The molecule has 0 aromatic heterocycles. The van der Waals surface area contributed by atoms with Gasteiger partial charge in [-0.1, -0.05) is 0 Å². The van der Waals surface area contributed by atoms with Gasteiger partial charge in [-0.25, -0.2) is 0 Å². The molecule has 1 aromatic rings. The maximum absolute atomic E-state index is 3.40. The third-order valence-corrected chi connectivity index (χ3v) is 2.98. The molecule has 1 N–H and O–H groups in total. The molecule has 1 nitrogen and oxygen atoms in total. The number of hydrogen-bond donors (Lipinski definition) is 1. The predicted molar refractivity (Wildman–Crippen MR) is 62.3 cm³/mol. The fourth-order valence-corrected chi connectivity index (χ4v) is 2.04. The van der Waals surface area contributed by atoms with Crippen LogP contribution in [0.15, 0.2) is 23.1 Å². The highest BCUT2D eigenvalue weighted by atomic mass is 35.5. The van der Waals surface area contributed by atoms with Crippen LogP contribution in [0.4, 0.5) is 5.69 Å². The van der Waals surface area contributed by atoms with Gasteiger partial charge in [0.05, 0.1) is 0 Å². The lowest BCUT2D eigenvalue weighted by Crippen LogP contribution is -2.11. The lowest BCUT2D eigenvalue weighted by Gasteiger charge is -2.18. The first-order valence-electron chi connectivity index (χ1n) is 4.31. The zero-order valence-corrected chi connectivity index (χ0v) is 9.30. The number of benzene rings is 1. The maximum Gasteiger partial charge on any atom is 0.0373 e. The molecular weight excluding hydrogens is 202 g/mol. The Morgan fingerprint density at radius 3 is 3.00 bits per heavy atom. The van der Waals surface area contributed by atoms with Crippen molar-refractivity contribution in [1.29, 1.82) is 0 Å². The summed E-state index contributed by atoms with van der Waals surface area (Å²) in [5.74, 6) is 0. The van der Waals surface area contributed by atoms with Crippen molar-refractivity contribution in [2.24, 2.45) is 0 Å². The minimum atomic E-state index is 0. The molecule has 0 unspecified atom stereocenters. The number of thioether (sulfide) groups is 1. The number of fused-ring (bicyclic) bond motifs is 1. The van der Waals surface area contributed by atoms with E-state index >= 15 is 0 Å². The third-order valence-electron chi connectivity index (χ3n) is 2.25. The van der Waals surface area contributed by atoms with Gasteiger partial charge in [-0.3, -0.25) is 0 Å². The Bertz CT molecular complexity index is 288. The largest absolute Gasteiger partial charge is 0.385 e. The molecule has 1 aliphatic rings. The minimum absolute atomic E-state index is 0. The molecule has 1 heterocycles. The number of aryl methyl sites for hydroxylation is 1. The summed E-state index contributed by atoms with van der Waals surface area (Å²) in [5.41, 5.74) is 2.81. The molecule has 1 aliphatic heterocycles. The van der Waals surface area contributed by atoms with Crippen LogP contribution in [0.5, 0.6) is 0 Å². The second-order valence-electron chi connectivity index (χ2n) is 3.05. The Balaban J connectivity index is 0.000000845. The van der Waals surface area contributed by atoms with Gasteiger partial charge >= 0.3 is 0 Å². The van der Waals surface area contributed by atoms with Gasteiger partial charge in [0.25, 0.3) is 0 Å². The van der Waals surface area contributed by atoms with Crippen molar-refractivity contribution in [3.05, 3.63) is 23.8 Å². The normalized spacial score (nSPS) is 13.9. The van der Waals surface area contributed by atoms with Gasteiger partial charge in [0.2, 0.25) is 0 Å². The van der Waals surface area contributed by atoms with Crippen LogP contribution in [-0.2, 0) is 6.42 Å². The van der Waals surface area contributed by atoms with Gasteiger partial charge in [0, 0.05) is 17.1 Å². The Morgan fingerprint density at radius 2 is 2.23 bits per heavy atom. The van der Waals surface area contributed by atoms with Crippen molar-refractivity contribution in [1.82, 2.24) is 0 Å². The first-order valence-corrected chi connectivity index (χ1v) is 5.53. The fraction of sp³-hybridized carbons (Fsp3) is 0.400. The molecule has 72 valence electrons. The van der Waals surface area contributed by atoms with E-state index in [1.165, 1.54) is 29.0 Å². The van der Waals surface area contributed by atoms with Gasteiger partial charge < -0.3 is 5.32 Å². The zero-order chi connectivity index (χ0) is 8.39. The van der Waals surface area contributed by atoms with Crippen LogP contribution in [-0.4, -0.2) is 12.8 Å². The quantitative estimate of drug-likeness (QED) is 0.723. The molecule has 3 heteroatoms. The van der Waals surface area contributed by atoms with E-state index in [4.69, 9.17) is 0 Å². The summed E-state index contributed by atoms with van der Waals surface area (Å²) in [6.45, 7) is 1.13. The second kappa shape index (κ2) is 4.77. The van der Waals surface area contributed by atoms with Crippen LogP contribution in [0.2, 0.25) is 0 Å². The standard InChI is InChI=1S/C10H13NS.ClH/c1-12-9-4-5-10-8(7-9)3-2-6-11-10;/h4-5,7,11H,2-3,6H2,1H3;1H. The molecule has 13 heavy (non-hydrogen) atoms. The molecular formula is C10H14ClNS. The molecule has 0 fully saturated rings. The summed E-state index contributed by atoms with van der Waals surface area (Å²) < 4.78 is 0. The van der Waals surface area contributed by atoms with Crippen LogP contribution >= 0.6 is 24.2 Å². The molecule has 1 aromatic carbocycles. The topological polar surface area (TPSA) is 12.0 Å². The average Bonchev–Trinajstić information content (AvgIpc) is 2.17. The van der Waals surface area contributed by atoms with Crippen molar-refractivity contribution >= 4 is 29.9 Å². The molecule has 0 aliphatic carbocycles. The smallest absolute Gasteiger partial charge is 0.0373 e. The summed E-state index contributed by atoms with van der Waals surface area (Å²) in [6, 6.07) is 6.67. The van der Waals surface area contributed by atoms with Gasteiger partial charge in [0.15, 0.2) is 0 Å². The highest BCUT2D eigenvalue weighted by Crippen LogP contribution is 2.26. The van der Waals surface area contributed by atoms with E-state index in [-0.39, 0.29) is 12.4 Å². The van der Waals surface area contributed by atoms with Crippen molar-refractivity contribution < 1.29 is 0 Å². The minimum Gasteiger partial charge on any atom is -0.385 e. The van der Waals surface area contributed by atoms with Gasteiger partial charge in [-0.05, 0) is 42.9 Å². The number of rotatable bonds is 1. The van der Waals surface area contributed by atoms with E-state index in [9.17, 15) is 0 Å². The monoisotopic (exact) mass is 215 g/mol. The summed E-state index contributed by atoms with van der Waals surface area (Å²) in [5, 5.41) is 3.40. The van der Waals surface area contributed by atoms with E-state index in [2.05, 4.69) is 29.8 Å². The third kappa shape index (κ3) is 2.32. The maximum atomic E-state index is 3.40. The van der Waals surface area contributed by atoms with Crippen molar-refractivity contribution in [3.8, 4) is 0 Å². The van der Waals surface area contributed by atoms with Gasteiger partial charge in [0.1, 0.15) is 0 Å². The number of halogens is 1. The van der Waals surface area contributed by atoms with Crippen molar-refractivity contribution in [3.63, 3.8) is 0 Å². The number of nitrogens with one attached hydrogen (secondary N) is 1. The molecule has 0 amide bonds. The van der Waals surface area contributed by atoms with Crippen molar-refractivity contribution in [2.75, 3.05) is 18.1 Å². The highest BCUT2D eigenvalue weighted by Gasteiger charge is 2.07. The molecule has 0 radical (unpaired) electrons. The molecule has 0 spiro atoms. The average molecular weight is 216 g/mol. The summed E-state index contributed by atoms with van der Waals surface area (Å²) >= 11 is 1.81. The first kappa shape index (κ1) is 10.7. The van der Waals surface area contributed by atoms with E-state index < -0.39 is 0 Å². The Hall–Kier alpha value is -0.340. The molecule has 0 saturated carbocycles. The van der Waals surface area contributed by atoms with Gasteiger partial charge in [-0.2, -0.15) is 0 Å². The van der Waals surface area contributed by atoms with Crippen LogP contribution in [0.25, 0.3) is 0 Å². The van der Waals surface area contributed by atoms with E-state index in [1.807, 2.05) is 11.8 Å². The van der Waals surface area contributed by atoms with E-state index in [0.717, 1.165) is 6.54 Å². The molecule has 0 saturated heterocycles. The fourth-order valence-electron chi connectivity index (χ4n) is 1.58. The summed E-state index contributed by atoms with van der Waals surface area (Å²) in [4.78, 5) is 1.37. The highest BCUT2D eigenvalue weighted by molar-refractivity contribution is 7.98. The summed E-state index contributed by atoms with van der Waals surface area (Å²) in [6.07, 6.45) is 4.62. The predicted octanol–water partition coefficient (Wildman–Crippen LogP) is 3.19. The Kier molecular flexibility index (Phi) is 3.94.